The summed E-state index contributed by atoms with van der Waals surface area (Å²) in [6.07, 6.45) is 1.65. The van der Waals surface area contributed by atoms with E-state index in [2.05, 4.69) is 9.71 Å². The van der Waals surface area contributed by atoms with Crippen molar-refractivity contribution in [3.8, 4) is 0 Å². The molecule has 0 aliphatic rings. The van der Waals surface area contributed by atoms with Gasteiger partial charge in [-0.1, -0.05) is 48.0 Å². The molecule has 6 nitrogen and oxygen atoms in total. The molecule has 0 spiro atoms. The second kappa shape index (κ2) is 10.1. The van der Waals surface area contributed by atoms with E-state index >= 15 is 0 Å². The summed E-state index contributed by atoms with van der Waals surface area (Å²) in [5, 5.41) is 2.52. The Hall–Kier alpha value is -3.56. The SMILES string of the molecule is Cc1ccc(S(=O)(=O)Nc2ccc(F)cc2C(=O)N(Cc2ccccc2)Cc2nccs2)cc1. The smallest absolute Gasteiger partial charge is 0.261 e. The van der Waals surface area contributed by atoms with Crippen LogP contribution in [0, 0.1) is 12.7 Å². The number of aromatic nitrogens is 1. The number of carbonyl (C=O) groups excluding carboxylic acids is 1. The lowest BCUT2D eigenvalue weighted by molar-refractivity contribution is 0.0730. The van der Waals surface area contributed by atoms with Gasteiger partial charge in [0, 0.05) is 18.1 Å². The van der Waals surface area contributed by atoms with E-state index in [1.807, 2.05) is 42.6 Å². The van der Waals surface area contributed by atoms with E-state index in [4.69, 9.17) is 0 Å². The summed E-state index contributed by atoms with van der Waals surface area (Å²) >= 11 is 1.40. The van der Waals surface area contributed by atoms with Gasteiger partial charge in [-0.05, 0) is 42.8 Å². The topological polar surface area (TPSA) is 79.4 Å². The zero-order valence-corrected chi connectivity index (χ0v) is 19.9. The van der Waals surface area contributed by atoms with Gasteiger partial charge in [0.1, 0.15) is 10.8 Å². The molecule has 4 aromatic rings. The summed E-state index contributed by atoms with van der Waals surface area (Å²) in [6, 6.07) is 19.1. The van der Waals surface area contributed by atoms with Gasteiger partial charge in [-0.25, -0.2) is 17.8 Å². The predicted octanol–water partition coefficient (Wildman–Crippen LogP) is 5.23. The van der Waals surface area contributed by atoms with Crippen molar-refractivity contribution in [2.24, 2.45) is 0 Å². The maximum atomic E-state index is 14.2. The Morgan fingerprint density at radius 3 is 2.44 bits per heavy atom. The summed E-state index contributed by atoms with van der Waals surface area (Å²) in [5.74, 6) is -1.16. The minimum atomic E-state index is -3.99. The summed E-state index contributed by atoms with van der Waals surface area (Å²) in [5.41, 5.74) is 1.72. The maximum Gasteiger partial charge on any atom is 0.261 e. The molecule has 0 atom stereocenters. The van der Waals surface area contributed by atoms with Crippen molar-refractivity contribution in [2.75, 3.05) is 4.72 Å². The van der Waals surface area contributed by atoms with Crippen molar-refractivity contribution >= 4 is 33.0 Å². The van der Waals surface area contributed by atoms with E-state index in [-0.39, 0.29) is 29.2 Å². The van der Waals surface area contributed by atoms with Gasteiger partial charge < -0.3 is 4.90 Å². The Balaban J connectivity index is 1.68. The van der Waals surface area contributed by atoms with Crippen LogP contribution in [0.2, 0.25) is 0 Å². The first-order chi connectivity index (χ1) is 16.3. The molecule has 0 saturated heterocycles. The molecular weight excluding hydrogens is 473 g/mol. The van der Waals surface area contributed by atoms with Crippen LogP contribution in [0.1, 0.15) is 26.5 Å². The van der Waals surface area contributed by atoms with Crippen LogP contribution in [-0.4, -0.2) is 24.2 Å². The van der Waals surface area contributed by atoms with Crippen molar-refractivity contribution in [3.05, 3.63) is 112 Å². The first-order valence-corrected chi connectivity index (χ1v) is 12.8. The molecule has 34 heavy (non-hydrogen) atoms. The van der Waals surface area contributed by atoms with Crippen LogP contribution in [0.4, 0.5) is 10.1 Å². The minimum absolute atomic E-state index is 0.00387. The summed E-state index contributed by atoms with van der Waals surface area (Å²) in [7, 11) is -3.99. The number of halogens is 1. The van der Waals surface area contributed by atoms with Crippen LogP contribution < -0.4 is 4.72 Å². The number of amides is 1. The number of carbonyl (C=O) groups is 1. The summed E-state index contributed by atoms with van der Waals surface area (Å²) in [4.78, 5) is 19.4. The zero-order chi connectivity index (χ0) is 24.1. The lowest BCUT2D eigenvalue weighted by Crippen LogP contribution is -2.31. The fraction of sp³-hybridized carbons (Fsp3) is 0.120. The molecule has 0 unspecified atom stereocenters. The van der Waals surface area contributed by atoms with Gasteiger partial charge >= 0.3 is 0 Å². The van der Waals surface area contributed by atoms with E-state index in [0.717, 1.165) is 23.3 Å². The van der Waals surface area contributed by atoms with E-state index < -0.39 is 21.7 Å². The Kier molecular flexibility index (Phi) is 7.04. The third-order valence-corrected chi connectivity index (χ3v) is 7.25. The molecule has 1 aromatic heterocycles. The van der Waals surface area contributed by atoms with Crippen LogP contribution in [0.25, 0.3) is 0 Å². The summed E-state index contributed by atoms with van der Waals surface area (Å²) in [6.45, 7) is 2.30. The lowest BCUT2D eigenvalue weighted by atomic mass is 10.1. The molecule has 174 valence electrons. The first kappa shape index (κ1) is 23.6. The second-order valence-corrected chi connectivity index (χ2v) is 10.3. The third kappa shape index (κ3) is 5.67. The fourth-order valence-corrected chi connectivity index (χ4v) is 5.08. The highest BCUT2D eigenvalue weighted by molar-refractivity contribution is 7.92. The average molecular weight is 496 g/mol. The molecule has 3 aromatic carbocycles. The van der Waals surface area contributed by atoms with Crippen LogP contribution in [0.5, 0.6) is 0 Å². The van der Waals surface area contributed by atoms with Gasteiger partial charge in [-0.3, -0.25) is 9.52 Å². The molecule has 1 amide bonds. The Bertz CT molecular complexity index is 1370. The lowest BCUT2D eigenvalue weighted by Gasteiger charge is -2.23. The van der Waals surface area contributed by atoms with Gasteiger partial charge in [0.15, 0.2) is 0 Å². The number of anilines is 1. The Morgan fingerprint density at radius 1 is 1.03 bits per heavy atom. The highest BCUT2D eigenvalue weighted by atomic mass is 32.2. The normalized spacial score (nSPS) is 11.2. The molecule has 4 rings (SSSR count). The number of nitrogens with one attached hydrogen (secondary N) is 1. The molecule has 1 N–H and O–H groups in total. The molecule has 0 bridgehead atoms. The van der Waals surface area contributed by atoms with Gasteiger partial charge in [-0.15, -0.1) is 11.3 Å². The second-order valence-electron chi connectivity index (χ2n) is 7.68. The van der Waals surface area contributed by atoms with Gasteiger partial charge in [0.25, 0.3) is 15.9 Å². The monoisotopic (exact) mass is 495 g/mol. The van der Waals surface area contributed by atoms with Crippen molar-refractivity contribution in [2.45, 2.75) is 24.9 Å². The standard InChI is InChI=1S/C25H22FN3O3S2/c1-18-7-10-21(11-8-18)34(31,32)28-23-12-9-20(26)15-22(23)25(30)29(17-24-27-13-14-33-24)16-19-5-3-2-4-6-19/h2-15,28H,16-17H2,1H3. The van der Waals surface area contributed by atoms with E-state index in [1.54, 1.807) is 18.3 Å². The number of benzene rings is 3. The quantitative estimate of drug-likeness (QED) is 0.363. The van der Waals surface area contributed by atoms with Gasteiger partial charge in [0.2, 0.25) is 0 Å². The minimum Gasteiger partial charge on any atom is -0.327 e. The number of rotatable bonds is 8. The zero-order valence-electron chi connectivity index (χ0n) is 18.3. The molecule has 1 heterocycles. The largest absolute Gasteiger partial charge is 0.327 e. The molecule has 0 fully saturated rings. The van der Waals surface area contributed by atoms with Crippen molar-refractivity contribution in [1.82, 2.24) is 9.88 Å². The van der Waals surface area contributed by atoms with Crippen molar-refractivity contribution in [1.29, 1.82) is 0 Å². The maximum absolute atomic E-state index is 14.2. The number of hydrogen-bond donors (Lipinski definition) is 1. The first-order valence-electron chi connectivity index (χ1n) is 10.4. The van der Waals surface area contributed by atoms with E-state index in [1.165, 1.54) is 34.4 Å². The van der Waals surface area contributed by atoms with Crippen LogP contribution >= 0.6 is 11.3 Å². The molecule has 0 aliphatic carbocycles. The Morgan fingerprint density at radius 2 is 1.76 bits per heavy atom. The van der Waals surface area contributed by atoms with Gasteiger partial charge in [0.05, 0.1) is 22.7 Å². The van der Waals surface area contributed by atoms with Crippen molar-refractivity contribution < 1.29 is 17.6 Å². The van der Waals surface area contributed by atoms with Crippen LogP contribution in [-0.2, 0) is 23.1 Å². The number of aryl methyl sites for hydroxylation is 1. The van der Waals surface area contributed by atoms with Crippen LogP contribution in [0.15, 0.2) is 89.3 Å². The van der Waals surface area contributed by atoms with Gasteiger partial charge in [-0.2, -0.15) is 0 Å². The van der Waals surface area contributed by atoms with E-state index in [0.29, 0.717) is 5.01 Å². The highest BCUT2D eigenvalue weighted by Gasteiger charge is 2.24. The average Bonchev–Trinajstić information content (AvgIpc) is 3.33. The number of nitrogens with zero attached hydrogens (tertiary/aromatic N) is 2. The number of sulfonamides is 1. The number of hydrogen-bond acceptors (Lipinski definition) is 5. The molecular formula is C25H22FN3O3S2. The molecule has 9 heteroatoms. The van der Waals surface area contributed by atoms with Crippen molar-refractivity contribution in [3.63, 3.8) is 0 Å². The molecule has 0 aliphatic heterocycles. The molecule has 0 saturated carbocycles. The highest BCUT2D eigenvalue weighted by Crippen LogP contribution is 2.25. The predicted molar refractivity (Wildman–Crippen MR) is 131 cm³/mol. The van der Waals surface area contributed by atoms with Crippen LogP contribution in [0.3, 0.4) is 0 Å². The fourth-order valence-electron chi connectivity index (χ4n) is 3.37. The molecule has 0 radical (unpaired) electrons. The van der Waals surface area contributed by atoms with E-state index in [9.17, 15) is 17.6 Å². The third-order valence-electron chi connectivity index (χ3n) is 5.10. The number of thiazole rings is 1. The summed E-state index contributed by atoms with van der Waals surface area (Å²) < 4.78 is 42.6. The Labute approximate surface area is 201 Å².